The molecule has 0 unspecified atom stereocenters. The molecule has 166 valence electrons. The third kappa shape index (κ3) is 5.50. The standard InChI is InChI=1S/C23H22N2O6S/c1-4-30-23(27)21-19(16-6-5-7-17(11-16)25(28)29)13-32-22(21)24-20(26)12-31-18-9-14(2)8-15(3)10-18/h5-11,13H,4,12H2,1-3H3,(H,24,26). The number of hydrogen-bond donors (Lipinski definition) is 1. The molecular formula is C23H22N2O6S. The first-order valence-corrected chi connectivity index (χ1v) is 10.7. The van der Waals surface area contributed by atoms with Crippen molar-refractivity contribution in [1.82, 2.24) is 0 Å². The van der Waals surface area contributed by atoms with E-state index in [1.165, 1.54) is 18.2 Å². The second-order valence-electron chi connectivity index (χ2n) is 7.04. The Morgan fingerprint density at radius 2 is 1.84 bits per heavy atom. The van der Waals surface area contributed by atoms with E-state index < -0.39 is 16.8 Å². The number of esters is 1. The zero-order valence-electron chi connectivity index (χ0n) is 17.8. The summed E-state index contributed by atoms with van der Waals surface area (Å²) in [5, 5.41) is 15.8. The number of hydrogen-bond acceptors (Lipinski definition) is 7. The number of ether oxygens (including phenoxy) is 2. The molecule has 3 rings (SSSR count). The highest BCUT2D eigenvalue weighted by Gasteiger charge is 2.24. The van der Waals surface area contributed by atoms with Crippen LogP contribution in [0.5, 0.6) is 5.75 Å². The molecule has 1 N–H and O–H groups in total. The number of nitro benzene ring substituents is 1. The van der Waals surface area contributed by atoms with Crippen LogP contribution in [0.15, 0.2) is 47.8 Å². The van der Waals surface area contributed by atoms with Crippen molar-refractivity contribution in [2.75, 3.05) is 18.5 Å². The summed E-state index contributed by atoms with van der Waals surface area (Å²) in [6, 6.07) is 11.6. The molecule has 3 aromatic rings. The summed E-state index contributed by atoms with van der Waals surface area (Å²) in [4.78, 5) is 35.8. The number of thiophene rings is 1. The minimum atomic E-state index is -0.624. The minimum absolute atomic E-state index is 0.101. The number of carbonyl (C=O) groups excluding carboxylic acids is 2. The van der Waals surface area contributed by atoms with Gasteiger partial charge in [0.15, 0.2) is 6.61 Å². The molecule has 0 fully saturated rings. The average molecular weight is 455 g/mol. The van der Waals surface area contributed by atoms with E-state index >= 15 is 0 Å². The molecule has 0 radical (unpaired) electrons. The van der Waals surface area contributed by atoms with E-state index in [9.17, 15) is 19.7 Å². The van der Waals surface area contributed by atoms with Crippen molar-refractivity contribution < 1.29 is 24.0 Å². The summed E-state index contributed by atoms with van der Waals surface area (Å²) in [7, 11) is 0. The van der Waals surface area contributed by atoms with Gasteiger partial charge in [-0.3, -0.25) is 14.9 Å². The van der Waals surface area contributed by atoms with Crippen LogP contribution in [-0.2, 0) is 9.53 Å². The summed E-state index contributed by atoms with van der Waals surface area (Å²) >= 11 is 1.14. The molecule has 0 aliphatic carbocycles. The molecule has 32 heavy (non-hydrogen) atoms. The molecule has 0 aliphatic rings. The Kier molecular flexibility index (Phi) is 7.21. The highest BCUT2D eigenvalue weighted by atomic mass is 32.1. The summed E-state index contributed by atoms with van der Waals surface area (Å²) in [6.07, 6.45) is 0. The van der Waals surface area contributed by atoms with Gasteiger partial charge >= 0.3 is 5.97 Å². The van der Waals surface area contributed by atoms with E-state index in [-0.39, 0.29) is 24.5 Å². The highest BCUT2D eigenvalue weighted by molar-refractivity contribution is 7.15. The molecule has 0 atom stereocenters. The minimum Gasteiger partial charge on any atom is -0.484 e. The first-order valence-electron chi connectivity index (χ1n) is 9.83. The van der Waals surface area contributed by atoms with Crippen LogP contribution in [0.2, 0.25) is 0 Å². The van der Waals surface area contributed by atoms with Crippen LogP contribution >= 0.6 is 11.3 Å². The maximum absolute atomic E-state index is 12.6. The van der Waals surface area contributed by atoms with Crippen molar-refractivity contribution in [3.05, 3.63) is 74.6 Å². The lowest BCUT2D eigenvalue weighted by Crippen LogP contribution is -2.21. The first kappa shape index (κ1) is 23.0. The summed E-state index contributed by atoms with van der Waals surface area (Å²) in [5.41, 5.74) is 3.01. The number of nitrogens with zero attached hydrogens (tertiary/aromatic N) is 1. The molecule has 0 bridgehead atoms. The monoisotopic (exact) mass is 454 g/mol. The molecule has 0 saturated carbocycles. The van der Waals surface area contributed by atoms with Crippen LogP contribution in [0, 0.1) is 24.0 Å². The number of amides is 1. The Labute approximate surface area is 188 Å². The summed E-state index contributed by atoms with van der Waals surface area (Å²) in [5.74, 6) is -0.491. The Morgan fingerprint density at radius 3 is 2.50 bits per heavy atom. The lowest BCUT2D eigenvalue weighted by atomic mass is 10.0. The maximum Gasteiger partial charge on any atom is 0.341 e. The van der Waals surface area contributed by atoms with Gasteiger partial charge in [0.1, 0.15) is 16.3 Å². The maximum atomic E-state index is 12.6. The van der Waals surface area contributed by atoms with Gasteiger partial charge in [-0.25, -0.2) is 4.79 Å². The number of non-ortho nitro benzene ring substituents is 1. The van der Waals surface area contributed by atoms with E-state index in [0.29, 0.717) is 21.9 Å². The third-order valence-electron chi connectivity index (χ3n) is 4.46. The van der Waals surface area contributed by atoms with Crippen LogP contribution in [0.3, 0.4) is 0 Å². The van der Waals surface area contributed by atoms with Gasteiger partial charge < -0.3 is 14.8 Å². The fraction of sp³-hybridized carbons (Fsp3) is 0.217. The van der Waals surface area contributed by atoms with Crippen molar-refractivity contribution in [2.24, 2.45) is 0 Å². The predicted molar refractivity (Wildman–Crippen MR) is 122 cm³/mol. The summed E-state index contributed by atoms with van der Waals surface area (Å²) < 4.78 is 10.7. The van der Waals surface area contributed by atoms with Crippen LogP contribution in [0.25, 0.3) is 11.1 Å². The van der Waals surface area contributed by atoms with E-state index in [1.54, 1.807) is 18.4 Å². The van der Waals surface area contributed by atoms with Gasteiger partial charge in [-0.1, -0.05) is 18.2 Å². The fourth-order valence-electron chi connectivity index (χ4n) is 3.18. The third-order valence-corrected chi connectivity index (χ3v) is 5.35. The SMILES string of the molecule is CCOC(=O)c1c(-c2cccc([N+](=O)[O-])c2)csc1NC(=O)COc1cc(C)cc(C)c1. The highest BCUT2D eigenvalue weighted by Crippen LogP contribution is 2.37. The van der Waals surface area contributed by atoms with E-state index in [0.717, 1.165) is 22.5 Å². The number of benzene rings is 2. The molecule has 2 aromatic carbocycles. The molecule has 9 heteroatoms. The molecule has 8 nitrogen and oxygen atoms in total. The second-order valence-corrected chi connectivity index (χ2v) is 7.92. The van der Waals surface area contributed by atoms with Gasteiger partial charge in [0.05, 0.1) is 11.5 Å². The number of nitro groups is 1. The largest absolute Gasteiger partial charge is 0.484 e. The zero-order valence-corrected chi connectivity index (χ0v) is 18.7. The van der Waals surface area contributed by atoms with Crippen LogP contribution in [-0.4, -0.2) is 30.0 Å². The van der Waals surface area contributed by atoms with Gasteiger partial charge in [0.2, 0.25) is 0 Å². The second kappa shape index (κ2) is 10.1. The smallest absolute Gasteiger partial charge is 0.341 e. The number of carbonyl (C=O) groups is 2. The van der Waals surface area contributed by atoms with E-state index in [1.807, 2.05) is 32.0 Å². The molecule has 0 saturated heterocycles. The van der Waals surface area contributed by atoms with Gasteiger partial charge in [-0.2, -0.15) is 0 Å². The number of rotatable bonds is 8. The van der Waals surface area contributed by atoms with Crippen molar-refractivity contribution in [3.63, 3.8) is 0 Å². The molecule has 1 amide bonds. The van der Waals surface area contributed by atoms with Gasteiger partial charge in [-0.15, -0.1) is 11.3 Å². The van der Waals surface area contributed by atoms with Crippen molar-refractivity contribution in [1.29, 1.82) is 0 Å². The van der Waals surface area contributed by atoms with E-state index in [2.05, 4.69) is 5.32 Å². The Morgan fingerprint density at radius 1 is 1.12 bits per heavy atom. The Balaban J connectivity index is 1.84. The number of aryl methyl sites for hydroxylation is 2. The van der Waals surface area contributed by atoms with Gasteiger partial charge in [0, 0.05) is 23.1 Å². The molecular weight excluding hydrogens is 432 g/mol. The van der Waals surface area contributed by atoms with Crippen molar-refractivity contribution in [2.45, 2.75) is 20.8 Å². The average Bonchev–Trinajstić information content (AvgIpc) is 3.15. The van der Waals surface area contributed by atoms with Crippen molar-refractivity contribution in [3.8, 4) is 16.9 Å². The zero-order chi connectivity index (χ0) is 23.3. The molecule has 1 aromatic heterocycles. The predicted octanol–water partition coefficient (Wildman–Crippen LogP) is 5.13. The molecule has 1 heterocycles. The van der Waals surface area contributed by atoms with Crippen molar-refractivity contribution >= 4 is 33.9 Å². The van der Waals surface area contributed by atoms with E-state index in [4.69, 9.17) is 9.47 Å². The normalized spacial score (nSPS) is 10.5. The van der Waals surface area contributed by atoms with Gasteiger partial charge in [-0.05, 0) is 49.6 Å². The number of anilines is 1. The van der Waals surface area contributed by atoms with Gasteiger partial charge in [0.25, 0.3) is 11.6 Å². The molecule has 0 aliphatic heterocycles. The lowest BCUT2D eigenvalue weighted by Gasteiger charge is -2.10. The fourth-order valence-corrected chi connectivity index (χ4v) is 4.16. The van der Waals surface area contributed by atoms with Crippen LogP contribution in [0.1, 0.15) is 28.4 Å². The first-order chi connectivity index (χ1) is 15.3. The lowest BCUT2D eigenvalue weighted by molar-refractivity contribution is -0.384. The quantitative estimate of drug-likeness (QED) is 0.287. The topological polar surface area (TPSA) is 108 Å². The summed E-state index contributed by atoms with van der Waals surface area (Å²) in [6.45, 7) is 5.45. The Bertz CT molecular complexity index is 1150. The molecule has 0 spiro atoms. The van der Waals surface area contributed by atoms with Crippen LogP contribution < -0.4 is 10.1 Å². The number of nitrogens with one attached hydrogen (secondary N) is 1. The van der Waals surface area contributed by atoms with Crippen LogP contribution in [0.4, 0.5) is 10.7 Å². The Hall–Kier alpha value is -3.72.